The highest BCUT2D eigenvalue weighted by Gasteiger charge is 2.26. The molecule has 0 unspecified atom stereocenters. The number of sulfonamides is 1. The van der Waals surface area contributed by atoms with Crippen LogP contribution in [0.5, 0.6) is 0 Å². The van der Waals surface area contributed by atoms with Crippen LogP contribution >= 0.6 is 11.3 Å². The largest absolute Gasteiger partial charge is 0.345 e. The second kappa shape index (κ2) is 7.72. The van der Waals surface area contributed by atoms with Crippen molar-refractivity contribution in [2.24, 2.45) is 7.05 Å². The number of rotatable bonds is 7. The Kier molecular flexibility index (Phi) is 6.08. The number of aromatic nitrogens is 1. The van der Waals surface area contributed by atoms with Gasteiger partial charge in [-0.3, -0.25) is 4.79 Å². The second-order valence-corrected chi connectivity index (χ2v) is 8.89. The average Bonchev–Trinajstić information content (AvgIpc) is 3.14. The van der Waals surface area contributed by atoms with Crippen LogP contribution in [0.15, 0.2) is 28.6 Å². The maximum atomic E-state index is 12.8. The van der Waals surface area contributed by atoms with Crippen molar-refractivity contribution in [1.82, 2.24) is 13.8 Å². The molecule has 0 fully saturated rings. The number of hydrogen-bond donors (Lipinski definition) is 0. The van der Waals surface area contributed by atoms with Gasteiger partial charge in [0.05, 0.1) is 6.54 Å². The third-order valence-corrected chi connectivity index (χ3v) is 7.26. The minimum absolute atomic E-state index is 0.155. The summed E-state index contributed by atoms with van der Waals surface area (Å²) in [5, 5.41) is 2.00. The number of hydrogen-bond acceptors (Lipinski definition) is 4. The van der Waals surface area contributed by atoms with Gasteiger partial charge in [-0.15, -0.1) is 11.3 Å². The zero-order chi connectivity index (χ0) is 18.8. The van der Waals surface area contributed by atoms with E-state index in [0.29, 0.717) is 25.3 Å². The monoisotopic (exact) mass is 383 g/mol. The molecule has 0 bridgehead atoms. The summed E-state index contributed by atoms with van der Waals surface area (Å²) in [6.07, 6.45) is 1.51. The molecule has 0 atom stereocenters. The molecule has 0 aliphatic carbocycles. The topological polar surface area (TPSA) is 62.6 Å². The van der Waals surface area contributed by atoms with Crippen LogP contribution in [0.25, 0.3) is 0 Å². The van der Waals surface area contributed by atoms with Crippen LogP contribution in [0.3, 0.4) is 0 Å². The van der Waals surface area contributed by atoms with E-state index in [1.165, 1.54) is 16.6 Å². The molecule has 2 aromatic rings. The Bertz CT molecular complexity index is 848. The summed E-state index contributed by atoms with van der Waals surface area (Å²) < 4.78 is 28.2. The third-order valence-electron chi connectivity index (χ3n) is 4.24. The lowest BCUT2D eigenvalue weighted by atomic mass is 10.2. The van der Waals surface area contributed by atoms with Crippen molar-refractivity contribution in [3.63, 3.8) is 0 Å². The fraction of sp³-hybridized carbons (Fsp3) is 0.471. The number of thiophene rings is 1. The first-order valence-electron chi connectivity index (χ1n) is 8.17. The van der Waals surface area contributed by atoms with Crippen molar-refractivity contribution >= 4 is 27.3 Å². The standard InChI is InChI=1S/C17H25N3O3S2/c1-6-20(7-2)25(22,23)14-10-15(18(4)11-14)17(21)19(5)12-16-13(3)8-9-24-16/h8-11H,6-7,12H2,1-5H3. The van der Waals surface area contributed by atoms with Crippen molar-refractivity contribution < 1.29 is 13.2 Å². The number of carbonyl (C=O) groups is 1. The minimum atomic E-state index is -3.57. The van der Waals surface area contributed by atoms with Gasteiger partial charge in [-0.2, -0.15) is 4.31 Å². The molecule has 6 nitrogen and oxygen atoms in total. The van der Waals surface area contributed by atoms with E-state index < -0.39 is 10.0 Å². The molecule has 0 N–H and O–H groups in total. The van der Waals surface area contributed by atoms with Crippen LogP contribution in [-0.2, 0) is 23.6 Å². The van der Waals surface area contributed by atoms with Crippen LogP contribution in [0, 0.1) is 6.92 Å². The zero-order valence-electron chi connectivity index (χ0n) is 15.3. The van der Waals surface area contributed by atoms with E-state index in [1.54, 1.807) is 48.7 Å². The van der Waals surface area contributed by atoms with Gasteiger partial charge in [0.1, 0.15) is 10.6 Å². The highest BCUT2D eigenvalue weighted by Crippen LogP contribution is 2.21. The normalized spacial score (nSPS) is 11.9. The van der Waals surface area contributed by atoms with Gasteiger partial charge < -0.3 is 9.47 Å². The Morgan fingerprint density at radius 1 is 1.28 bits per heavy atom. The first-order chi connectivity index (χ1) is 11.7. The quantitative estimate of drug-likeness (QED) is 0.738. The molecular formula is C17H25N3O3S2. The van der Waals surface area contributed by atoms with Crippen molar-refractivity contribution in [2.75, 3.05) is 20.1 Å². The van der Waals surface area contributed by atoms with Crippen molar-refractivity contribution in [1.29, 1.82) is 0 Å². The third kappa shape index (κ3) is 3.96. The zero-order valence-corrected chi connectivity index (χ0v) is 16.9. The van der Waals surface area contributed by atoms with Crippen molar-refractivity contribution in [3.05, 3.63) is 39.8 Å². The van der Waals surface area contributed by atoms with Gasteiger partial charge in [0, 0.05) is 38.3 Å². The summed E-state index contributed by atoms with van der Waals surface area (Å²) in [4.78, 5) is 15.6. The van der Waals surface area contributed by atoms with Crippen LogP contribution in [0.2, 0.25) is 0 Å². The van der Waals surface area contributed by atoms with E-state index in [4.69, 9.17) is 0 Å². The van der Waals surface area contributed by atoms with Gasteiger partial charge in [0.2, 0.25) is 10.0 Å². The molecule has 0 spiro atoms. The minimum Gasteiger partial charge on any atom is -0.345 e. The van der Waals surface area contributed by atoms with Gasteiger partial charge in [-0.05, 0) is 30.0 Å². The summed E-state index contributed by atoms with van der Waals surface area (Å²) in [7, 11) is -0.153. The molecule has 0 radical (unpaired) electrons. The van der Waals surface area contributed by atoms with Crippen LogP contribution in [0.4, 0.5) is 0 Å². The maximum Gasteiger partial charge on any atom is 0.270 e. The molecule has 0 saturated carbocycles. The van der Waals surface area contributed by atoms with E-state index in [2.05, 4.69) is 0 Å². The Labute approximate surface area is 153 Å². The van der Waals surface area contributed by atoms with Crippen LogP contribution in [-0.4, -0.2) is 48.2 Å². The molecule has 0 aliphatic rings. The Balaban J connectivity index is 2.27. The Morgan fingerprint density at radius 2 is 1.92 bits per heavy atom. The van der Waals surface area contributed by atoms with Gasteiger partial charge >= 0.3 is 0 Å². The molecule has 2 rings (SSSR count). The van der Waals surface area contributed by atoms with Gasteiger partial charge in [0.25, 0.3) is 5.91 Å². The predicted molar refractivity (Wildman–Crippen MR) is 100 cm³/mol. The molecular weight excluding hydrogens is 358 g/mol. The van der Waals surface area contributed by atoms with Crippen molar-refractivity contribution in [2.45, 2.75) is 32.2 Å². The molecule has 138 valence electrons. The van der Waals surface area contributed by atoms with Crippen molar-refractivity contribution in [3.8, 4) is 0 Å². The Hall–Kier alpha value is -1.64. The highest BCUT2D eigenvalue weighted by molar-refractivity contribution is 7.89. The first kappa shape index (κ1) is 19.7. The summed E-state index contributed by atoms with van der Waals surface area (Å²) in [6.45, 7) is 6.91. The van der Waals surface area contributed by atoms with Crippen LogP contribution in [0.1, 0.15) is 34.8 Å². The molecule has 8 heteroatoms. The van der Waals surface area contributed by atoms with Gasteiger partial charge in [0.15, 0.2) is 0 Å². The number of aryl methyl sites for hydroxylation is 2. The van der Waals surface area contributed by atoms with E-state index in [-0.39, 0.29) is 10.8 Å². The lowest BCUT2D eigenvalue weighted by Crippen LogP contribution is -2.30. The molecule has 0 saturated heterocycles. The van der Waals surface area contributed by atoms with E-state index >= 15 is 0 Å². The van der Waals surface area contributed by atoms with E-state index in [0.717, 1.165) is 10.4 Å². The SMILES string of the molecule is CCN(CC)S(=O)(=O)c1cc(C(=O)N(C)Cc2sccc2C)n(C)c1. The molecule has 0 aromatic carbocycles. The molecule has 1 amide bonds. The predicted octanol–water partition coefficient (Wildman–Crippen LogP) is 2.70. The average molecular weight is 384 g/mol. The smallest absolute Gasteiger partial charge is 0.270 e. The van der Waals surface area contributed by atoms with E-state index in [1.807, 2.05) is 18.4 Å². The van der Waals surface area contributed by atoms with Gasteiger partial charge in [-0.25, -0.2) is 8.42 Å². The maximum absolute atomic E-state index is 12.8. The summed E-state index contributed by atoms with van der Waals surface area (Å²) >= 11 is 1.61. The van der Waals surface area contributed by atoms with Gasteiger partial charge in [-0.1, -0.05) is 13.8 Å². The summed E-state index contributed by atoms with van der Waals surface area (Å²) in [5.41, 5.74) is 1.52. The molecule has 2 heterocycles. The number of nitrogens with zero attached hydrogens (tertiary/aromatic N) is 3. The summed E-state index contributed by atoms with van der Waals surface area (Å²) in [5.74, 6) is -0.198. The molecule has 25 heavy (non-hydrogen) atoms. The first-order valence-corrected chi connectivity index (χ1v) is 10.5. The molecule has 2 aromatic heterocycles. The Morgan fingerprint density at radius 3 is 2.44 bits per heavy atom. The lowest BCUT2D eigenvalue weighted by molar-refractivity contribution is 0.0777. The molecule has 0 aliphatic heterocycles. The fourth-order valence-corrected chi connectivity index (χ4v) is 5.14. The van der Waals surface area contributed by atoms with E-state index in [9.17, 15) is 13.2 Å². The second-order valence-electron chi connectivity index (χ2n) is 5.95. The summed E-state index contributed by atoms with van der Waals surface area (Å²) in [6, 6.07) is 3.49. The number of amides is 1. The van der Waals surface area contributed by atoms with Crippen LogP contribution < -0.4 is 0 Å². The number of carbonyl (C=O) groups excluding carboxylic acids is 1. The lowest BCUT2D eigenvalue weighted by Gasteiger charge is -2.17. The fourth-order valence-electron chi connectivity index (χ4n) is 2.65. The highest BCUT2D eigenvalue weighted by atomic mass is 32.2.